The van der Waals surface area contributed by atoms with Gasteiger partial charge in [0.25, 0.3) is 0 Å². The SMILES string of the molecule is CCC1CCCN1c1cc(C(F)(F)F)nc(NN)n1. The quantitative estimate of drug-likeness (QED) is 0.653. The Hall–Kier alpha value is -1.57. The minimum atomic E-state index is -4.51. The van der Waals surface area contributed by atoms with Gasteiger partial charge in [0, 0.05) is 18.7 Å². The molecule has 0 aliphatic carbocycles. The Morgan fingerprint density at radius 3 is 2.79 bits per heavy atom. The Kier molecular flexibility index (Phi) is 3.79. The molecule has 0 radical (unpaired) electrons. The lowest BCUT2D eigenvalue weighted by Gasteiger charge is -2.25. The van der Waals surface area contributed by atoms with Crippen molar-refractivity contribution in [2.24, 2.45) is 5.84 Å². The van der Waals surface area contributed by atoms with Gasteiger partial charge in [-0.3, -0.25) is 5.43 Å². The summed E-state index contributed by atoms with van der Waals surface area (Å²) in [7, 11) is 0. The van der Waals surface area contributed by atoms with Gasteiger partial charge in [0.05, 0.1) is 0 Å². The van der Waals surface area contributed by atoms with Crippen LogP contribution in [-0.4, -0.2) is 22.6 Å². The Balaban J connectivity index is 2.39. The molecule has 19 heavy (non-hydrogen) atoms. The molecule has 1 fully saturated rings. The number of alkyl halides is 3. The Bertz CT molecular complexity index is 448. The zero-order valence-corrected chi connectivity index (χ0v) is 10.5. The van der Waals surface area contributed by atoms with Crippen LogP contribution in [0.3, 0.4) is 0 Å². The van der Waals surface area contributed by atoms with Gasteiger partial charge >= 0.3 is 6.18 Å². The molecule has 0 bridgehead atoms. The number of hydrazine groups is 1. The lowest BCUT2D eigenvalue weighted by atomic mass is 10.2. The summed E-state index contributed by atoms with van der Waals surface area (Å²) >= 11 is 0. The maximum atomic E-state index is 12.8. The van der Waals surface area contributed by atoms with E-state index < -0.39 is 11.9 Å². The molecular formula is C11H16F3N5. The number of aromatic nitrogens is 2. The van der Waals surface area contributed by atoms with Crippen LogP contribution in [0.15, 0.2) is 6.07 Å². The van der Waals surface area contributed by atoms with Crippen LogP contribution < -0.4 is 16.2 Å². The van der Waals surface area contributed by atoms with Gasteiger partial charge in [0.1, 0.15) is 5.82 Å². The first-order valence-corrected chi connectivity index (χ1v) is 6.15. The van der Waals surface area contributed by atoms with Crippen molar-refractivity contribution in [2.45, 2.75) is 38.4 Å². The zero-order chi connectivity index (χ0) is 14.0. The molecule has 2 rings (SSSR count). The normalized spacial score (nSPS) is 19.8. The van der Waals surface area contributed by atoms with Crippen LogP contribution in [-0.2, 0) is 6.18 Å². The largest absolute Gasteiger partial charge is 0.433 e. The molecule has 0 amide bonds. The fourth-order valence-corrected chi connectivity index (χ4v) is 2.35. The lowest BCUT2D eigenvalue weighted by molar-refractivity contribution is -0.141. The summed E-state index contributed by atoms with van der Waals surface area (Å²) in [6, 6.07) is 1.20. The maximum Gasteiger partial charge on any atom is 0.433 e. The van der Waals surface area contributed by atoms with Crippen LogP contribution in [0, 0.1) is 0 Å². The summed E-state index contributed by atoms with van der Waals surface area (Å²) in [5.41, 5.74) is 1.11. The van der Waals surface area contributed by atoms with Crippen LogP contribution in [0.4, 0.5) is 24.9 Å². The van der Waals surface area contributed by atoms with E-state index in [0.717, 1.165) is 25.3 Å². The van der Waals surface area contributed by atoms with Crippen LogP contribution in [0.2, 0.25) is 0 Å². The molecule has 106 valence electrons. The van der Waals surface area contributed by atoms with Crippen molar-refractivity contribution in [3.63, 3.8) is 0 Å². The number of rotatable bonds is 3. The molecule has 5 nitrogen and oxygen atoms in total. The molecule has 0 spiro atoms. The van der Waals surface area contributed by atoms with Gasteiger partial charge in [-0.2, -0.15) is 18.2 Å². The van der Waals surface area contributed by atoms with Crippen molar-refractivity contribution in [3.8, 4) is 0 Å². The predicted molar refractivity (Wildman–Crippen MR) is 65.5 cm³/mol. The standard InChI is InChI=1S/C11H16F3N5/c1-2-7-4-3-5-19(7)9-6-8(11(12,13)14)16-10(17-9)18-15/h6-7H,2-5,15H2,1H3,(H,16,17,18). The first-order valence-electron chi connectivity index (χ1n) is 6.15. The average molecular weight is 275 g/mol. The van der Waals surface area contributed by atoms with Crippen molar-refractivity contribution in [1.29, 1.82) is 0 Å². The molecule has 1 aliphatic rings. The highest BCUT2D eigenvalue weighted by Gasteiger charge is 2.35. The first-order chi connectivity index (χ1) is 8.95. The second kappa shape index (κ2) is 5.20. The molecule has 1 aromatic heterocycles. The highest BCUT2D eigenvalue weighted by molar-refractivity contribution is 5.47. The molecule has 1 aromatic rings. The van der Waals surface area contributed by atoms with Crippen LogP contribution in [0.5, 0.6) is 0 Å². The minimum Gasteiger partial charge on any atom is -0.353 e. The van der Waals surface area contributed by atoms with Gasteiger partial charge in [0.15, 0.2) is 5.69 Å². The third-order valence-electron chi connectivity index (χ3n) is 3.27. The van der Waals surface area contributed by atoms with Crippen molar-refractivity contribution < 1.29 is 13.2 Å². The van der Waals surface area contributed by atoms with E-state index in [1.54, 1.807) is 0 Å². The second-order valence-corrected chi connectivity index (χ2v) is 4.47. The fourth-order valence-electron chi connectivity index (χ4n) is 2.35. The lowest BCUT2D eigenvalue weighted by Crippen LogP contribution is -2.30. The molecular weight excluding hydrogens is 259 g/mol. The van der Waals surface area contributed by atoms with E-state index in [2.05, 4.69) is 15.4 Å². The Labute approximate surface area is 109 Å². The van der Waals surface area contributed by atoms with Gasteiger partial charge in [-0.05, 0) is 19.3 Å². The third kappa shape index (κ3) is 2.89. The smallest absolute Gasteiger partial charge is 0.353 e. The van der Waals surface area contributed by atoms with Crippen molar-refractivity contribution in [2.75, 3.05) is 16.9 Å². The van der Waals surface area contributed by atoms with E-state index in [1.807, 2.05) is 11.8 Å². The second-order valence-electron chi connectivity index (χ2n) is 4.47. The third-order valence-corrected chi connectivity index (χ3v) is 3.27. The number of halogens is 3. The van der Waals surface area contributed by atoms with Gasteiger partial charge in [0.2, 0.25) is 5.95 Å². The molecule has 1 saturated heterocycles. The summed E-state index contributed by atoms with van der Waals surface area (Å²) in [5, 5.41) is 0. The zero-order valence-electron chi connectivity index (χ0n) is 10.5. The van der Waals surface area contributed by atoms with Gasteiger partial charge in [-0.1, -0.05) is 6.92 Å². The maximum absolute atomic E-state index is 12.8. The fraction of sp³-hybridized carbons (Fsp3) is 0.636. The van der Waals surface area contributed by atoms with E-state index in [0.29, 0.717) is 6.54 Å². The molecule has 8 heteroatoms. The molecule has 1 aliphatic heterocycles. The predicted octanol–water partition coefficient (Wildman–Crippen LogP) is 2.16. The van der Waals surface area contributed by atoms with E-state index in [4.69, 9.17) is 5.84 Å². The minimum absolute atomic E-state index is 0.216. The first kappa shape index (κ1) is 13.9. The summed E-state index contributed by atoms with van der Waals surface area (Å²) < 4.78 is 38.3. The monoisotopic (exact) mass is 275 g/mol. The van der Waals surface area contributed by atoms with Gasteiger partial charge < -0.3 is 4.90 Å². The molecule has 0 saturated carbocycles. The van der Waals surface area contributed by atoms with E-state index in [1.165, 1.54) is 0 Å². The summed E-state index contributed by atoms with van der Waals surface area (Å²) in [5.74, 6) is 5.20. The molecule has 3 N–H and O–H groups in total. The van der Waals surface area contributed by atoms with Crippen LogP contribution in [0.25, 0.3) is 0 Å². The number of nitrogens with two attached hydrogens (primary N) is 1. The van der Waals surface area contributed by atoms with Crippen molar-refractivity contribution in [1.82, 2.24) is 9.97 Å². The Morgan fingerprint density at radius 1 is 1.47 bits per heavy atom. The summed E-state index contributed by atoms with van der Waals surface area (Å²) in [6.07, 6.45) is -1.72. The van der Waals surface area contributed by atoms with Crippen molar-refractivity contribution >= 4 is 11.8 Å². The number of hydrogen-bond donors (Lipinski definition) is 2. The number of hydrogen-bond acceptors (Lipinski definition) is 5. The number of nitrogens with one attached hydrogen (secondary N) is 1. The van der Waals surface area contributed by atoms with Crippen LogP contribution >= 0.6 is 0 Å². The summed E-state index contributed by atoms with van der Waals surface area (Å²) in [6.45, 7) is 2.72. The van der Waals surface area contributed by atoms with Gasteiger partial charge in [-0.25, -0.2) is 10.8 Å². The highest BCUT2D eigenvalue weighted by atomic mass is 19.4. The molecule has 1 atom stereocenters. The number of nitrogen functional groups attached to an aromatic ring is 1. The summed E-state index contributed by atoms with van der Waals surface area (Å²) in [4.78, 5) is 9.26. The topological polar surface area (TPSA) is 67.1 Å². The number of nitrogens with zero attached hydrogens (tertiary/aromatic N) is 3. The van der Waals surface area contributed by atoms with Crippen LogP contribution in [0.1, 0.15) is 31.9 Å². The highest BCUT2D eigenvalue weighted by Crippen LogP contribution is 2.33. The molecule has 1 unspecified atom stereocenters. The Morgan fingerprint density at radius 2 is 2.21 bits per heavy atom. The average Bonchev–Trinajstić information content (AvgIpc) is 2.85. The van der Waals surface area contributed by atoms with E-state index in [-0.39, 0.29) is 17.8 Å². The molecule has 2 heterocycles. The van der Waals surface area contributed by atoms with E-state index in [9.17, 15) is 13.2 Å². The van der Waals surface area contributed by atoms with Gasteiger partial charge in [-0.15, -0.1) is 0 Å². The molecule has 0 aromatic carbocycles. The van der Waals surface area contributed by atoms with Crippen molar-refractivity contribution in [3.05, 3.63) is 11.8 Å². The van der Waals surface area contributed by atoms with E-state index >= 15 is 0 Å². The number of anilines is 2.